The van der Waals surface area contributed by atoms with Crippen molar-refractivity contribution in [3.05, 3.63) is 74.5 Å². The van der Waals surface area contributed by atoms with E-state index in [2.05, 4.69) is 0 Å². The molecule has 3 aliphatic rings. The van der Waals surface area contributed by atoms with Gasteiger partial charge >= 0.3 is 4.87 Å². The van der Waals surface area contributed by atoms with E-state index in [1.54, 1.807) is 4.90 Å². The number of aromatic nitrogens is 1. The van der Waals surface area contributed by atoms with Crippen molar-refractivity contribution in [2.24, 2.45) is 5.92 Å². The second-order valence-electron chi connectivity index (χ2n) is 10.6. The van der Waals surface area contributed by atoms with Crippen molar-refractivity contribution in [1.29, 1.82) is 0 Å². The maximum Gasteiger partial charge on any atom is 0.308 e. The van der Waals surface area contributed by atoms with Crippen molar-refractivity contribution in [2.75, 3.05) is 37.0 Å². The number of thioether (sulfide) groups is 1. The molecular weight excluding hydrogens is 551 g/mol. The minimum absolute atomic E-state index is 0.0921. The van der Waals surface area contributed by atoms with Gasteiger partial charge in [0.1, 0.15) is 17.6 Å². The standard InChI is InChI=1S/C29H29FN4O4S2/c1-31(2)19-10-6-17(7-11-19)22-23-24(27(37)34(26(23)36)20-12-8-18(30)9-13-20)39-28-25(22)40-29(38)33(28)16-21(35)32-14-4-3-5-15-32/h6-13,22-24H,3-5,14-16H2,1-2H3/t22-,23-,24+/m0/s1. The summed E-state index contributed by atoms with van der Waals surface area (Å²) in [5.74, 6) is -2.64. The molecule has 3 aliphatic heterocycles. The van der Waals surface area contributed by atoms with E-state index in [4.69, 9.17) is 0 Å². The van der Waals surface area contributed by atoms with E-state index < -0.39 is 28.8 Å². The van der Waals surface area contributed by atoms with E-state index in [1.807, 2.05) is 43.3 Å². The fourth-order valence-electron chi connectivity index (χ4n) is 5.82. The van der Waals surface area contributed by atoms with Crippen LogP contribution in [0.2, 0.25) is 0 Å². The fourth-order valence-corrected chi connectivity index (χ4v) is 8.59. The zero-order valence-electron chi connectivity index (χ0n) is 22.2. The Morgan fingerprint density at radius 1 is 0.950 bits per heavy atom. The highest BCUT2D eigenvalue weighted by Gasteiger charge is 2.56. The fraction of sp³-hybridized carbons (Fsp3) is 0.379. The van der Waals surface area contributed by atoms with Crippen molar-refractivity contribution < 1.29 is 18.8 Å². The number of carbonyl (C=O) groups is 3. The van der Waals surface area contributed by atoms with E-state index in [1.165, 1.54) is 40.6 Å². The van der Waals surface area contributed by atoms with Gasteiger partial charge in [-0.05, 0) is 61.2 Å². The third-order valence-corrected chi connectivity index (χ3v) is 10.5. The molecule has 6 rings (SSSR count). The summed E-state index contributed by atoms with van der Waals surface area (Å²) in [5, 5.41) is -0.209. The molecule has 208 valence electrons. The highest BCUT2D eigenvalue weighted by Crippen LogP contribution is 2.54. The molecule has 3 aromatic rings. The Morgan fingerprint density at radius 3 is 2.27 bits per heavy atom. The van der Waals surface area contributed by atoms with Gasteiger partial charge in [0.2, 0.25) is 17.7 Å². The molecule has 11 heteroatoms. The molecule has 0 saturated carbocycles. The number of likely N-dealkylation sites (tertiary alicyclic amines) is 1. The quantitative estimate of drug-likeness (QED) is 0.426. The maximum atomic E-state index is 13.9. The van der Waals surface area contributed by atoms with Crippen molar-refractivity contribution >= 4 is 52.2 Å². The van der Waals surface area contributed by atoms with Crippen LogP contribution in [0.3, 0.4) is 0 Å². The van der Waals surface area contributed by atoms with Gasteiger partial charge in [0, 0.05) is 43.7 Å². The van der Waals surface area contributed by atoms with Crippen LogP contribution in [0.4, 0.5) is 15.8 Å². The first-order valence-corrected chi connectivity index (χ1v) is 15.0. The van der Waals surface area contributed by atoms with Crippen molar-refractivity contribution in [3.63, 3.8) is 0 Å². The molecule has 0 bridgehead atoms. The van der Waals surface area contributed by atoms with E-state index in [0.717, 1.165) is 46.7 Å². The molecule has 2 saturated heterocycles. The normalized spacial score (nSPS) is 22.3. The summed E-state index contributed by atoms with van der Waals surface area (Å²) < 4.78 is 15.1. The summed E-state index contributed by atoms with van der Waals surface area (Å²) in [5.41, 5.74) is 2.11. The van der Waals surface area contributed by atoms with Gasteiger partial charge in [-0.1, -0.05) is 35.2 Å². The predicted molar refractivity (Wildman–Crippen MR) is 154 cm³/mol. The smallest absolute Gasteiger partial charge is 0.308 e. The predicted octanol–water partition coefficient (Wildman–Crippen LogP) is 3.92. The van der Waals surface area contributed by atoms with Gasteiger partial charge in [-0.3, -0.25) is 23.7 Å². The maximum absolute atomic E-state index is 13.9. The summed E-state index contributed by atoms with van der Waals surface area (Å²) >= 11 is 2.24. The molecule has 8 nitrogen and oxygen atoms in total. The van der Waals surface area contributed by atoms with Gasteiger partial charge in [-0.25, -0.2) is 9.29 Å². The number of imide groups is 1. The van der Waals surface area contributed by atoms with E-state index in [-0.39, 0.29) is 23.2 Å². The number of benzene rings is 2. The van der Waals surface area contributed by atoms with Crippen LogP contribution >= 0.6 is 23.1 Å². The molecule has 3 amide bonds. The van der Waals surface area contributed by atoms with Gasteiger partial charge < -0.3 is 9.80 Å². The Hall–Kier alpha value is -3.44. The second-order valence-corrected chi connectivity index (χ2v) is 12.7. The summed E-state index contributed by atoms with van der Waals surface area (Å²) in [7, 11) is 3.87. The van der Waals surface area contributed by atoms with Gasteiger partial charge in [0.15, 0.2) is 0 Å². The summed E-state index contributed by atoms with van der Waals surface area (Å²) in [6, 6.07) is 13.1. The van der Waals surface area contributed by atoms with E-state index in [0.29, 0.717) is 28.7 Å². The zero-order valence-corrected chi connectivity index (χ0v) is 23.8. The van der Waals surface area contributed by atoms with Crippen LogP contribution in [0.1, 0.15) is 35.6 Å². The molecule has 2 aromatic carbocycles. The largest absolute Gasteiger partial charge is 0.378 e. The molecule has 3 atom stereocenters. The number of piperidine rings is 1. The number of thiazole rings is 1. The highest BCUT2D eigenvalue weighted by atomic mass is 32.2. The monoisotopic (exact) mass is 580 g/mol. The molecular formula is C29H29FN4O4S2. The Kier molecular flexibility index (Phi) is 7.03. The minimum Gasteiger partial charge on any atom is -0.378 e. The number of halogens is 1. The number of amides is 3. The molecule has 0 N–H and O–H groups in total. The van der Waals surface area contributed by atoms with Crippen molar-refractivity contribution in [1.82, 2.24) is 9.47 Å². The summed E-state index contributed by atoms with van der Waals surface area (Å²) in [4.78, 5) is 59.5. The SMILES string of the molecule is CN(C)c1ccc([C@@H]2c3sc(=O)n(CC(=O)N4CCCCC4)c3S[C@H]3C(=O)N(c4ccc(F)cc4)C(=O)[C@@H]23)cc1. The average molecular weight is 581 g/mol. The number of hydrogen-bond donors (Lipinski definition) is 0. The number of rotatable bonds is 5. The molecule has 0 spiro atoms. The number of hydrogen-bond acceptors (Lipinski definition) is 7. The second kappa shape index (κ2) is 10.5. The Labute approximate surface area is 239 Å². The molecule has 2 fully saturated rings. The van der Waals surface area contributed by atoms with Crippen LogP contribution in [0.15, 0.2) is 58.4 Å². The molecule has 40 heavy (non-hydrogen) atoms. The molecule has 4 heterocycles. The number of anilines is 2. The summed E-state index contributed by atoms with van der Waals surface area (Å²) in [6.45, 7) is 1.27. The minimum atomic E-state index is -0.783. The third-order valence-electron chi connectivity index (χ3n) is 7.90. The first-order valence-electron chi connectivity index (χ1n) is 13.3. The molecule has 0 unspecified atom stereocenters. The van der Waals surface area contributed by atoms with Gasteiger partial charge in [0.05, 0.1) is 16.6 Å². The lowest BCUT2D eigenvalue weighted by atomic mass is 9.83. The van der Waals surface area contributed by atoms with Gasteiger partial charge in [-0.2, -0.15) is 0 Å². The van der Waals surface area contributed by atoms with Crippen LogP contribution < -0.4 is 14.7 Å². The first kappa shape index (κ1) is 26.8. The van der Waals surface area contributed by atoms with Crippen LogP contribution in [0.5, 0.6) is 0 Å². The lowest BCUT2D eigenvalue weighted by molar-refractivity contribution is -0.133. The Balaban J connectivity index is 1.43. The number of fused-ring (bicyclic) bond motifs is 2. The first-order chi connectivity index (χ1) is 19.2. The van der Waals surface area contributed by atoms with Gasteiger partial charge in [0.25, 0.3) is 0 Å². The topological polar surface area (TPSA) is 82.9 Å². The molecule has 0 aliphatic carbocycles. The highest BCUT2D eigenvalue weighted by molar-refractivity contribution is 8.00. The van der Waals surface area contributed by atoms with Crippen LogP contribution in [-0.2, 0) is 20.9 Å². The number of nitrogens with zero attached hydrogens (tertiary/aromatic N) is 4. The van der Waals surface area contributed by atoms with Crippen LogP contribution in [0, 0.1) is 11.7 Å². The Morgan fingerprint density at radius 2 is 1.62 bits per heavy atom. The lowest BCUT2D eigenvalue weighted by Gasteiger charge is -2.31. The zero-order chi connectivity index (χ0) is 28.1. The van der Waals surface area contributed by atoms with Crippen LogP contribution in [-0.4, -0.2) is 59.6 Å². The van der Waals surface area contributed by atoms with Crippen LogP contribution in [0.25, 0.3) is 0 Å². The van der Waals surface area contributed by atoms with E-state index >= 15 is 0 Å². The average Bonchev–Trinajstić information content (AvgIpc) is 3.40. The molecule has 0 radical (unpaired) electrons. The molecule has 1 aromatic heterocycles. The Bertz CT molecular complexity index is 1530. The number of carbonyl (C=O) groups excluding carboxylic acids is 3. The van der Waals surface area contributed by atoms with Crippen molar-refractivity contribution in [2.45, 2.75) is 42.0 Å². The lowest BCUT2D eigenvalue weighted by Crippen LogP contribution is -2.39. The van der Waals surface area contributed by atoms with Crippen molar-refractivity contribution in [3.8, 4) is 0 Å². The van der Waals surface area contributed by atoms with E-state index in [9.17, 15) is 23.6 Å². The summed E-state index contributed by atoms with van der Waals surface area (Å²) in [6.07, 6.45) is 2.98. The third kappa shape index (κ3) is 4.54. The van der Waals surface area contributed by atoms with Gasteiger partial charge in [-0.15, -0.1) is 0 Å².